The fraction of sp³-hybridized carbons (Fsp3) is 0.688. The standard InChI is InChI=1S/C16H20F3N3O2/c1-10(22-14(23)9-11-3-2-4-13(11)20-22)15(24)21-7-5-12(6-8-21)16(17,18)19/h9-10,12H,2-8H2,1H3. The van der Waals surface area contributed by atoms with Crippen LogP contribution in [0.15, 0.2) is 10.9 Å². The number of hydrogen-bond acceptors (Lipinski definition) is 3. The number of amides is 1. The lowest BCUT2D eigenvalue weighted by Crippen LogP contribution is -2.46. The molecule has 8 heteroatoms. The van der Waals surface area contributed by atoms with Crippen LogP contribution >= 0.6 is 0 Å². The second-order valence-electron chi connectivity index (χ2n) is 6.57. The van der Waals surface area contributed by atoms with Crippen molar-refractivity contribution in [3.05, 3.63) is 27.7 Å². The SMILES string of the molecule is CC(C(=O)N1CCC(C(F)(F)F)CC1)n1nc2c(cc1=O)CCC2. The summed E-state index contributed by atoms with van der Waals surface area (Å²) in [5, 5.41) is 4.30. The Morgan fingerprint density at radius 3 is 2.58 bits per heavy atom. The van der Waals surface area contributed by atoms with Crippen LogP contribution in [0.4, 0.5) is 13.2 Å². The highest BCUT2D eigenvalue weighted by molar-refractivity contribution is 5.80. The average molecular weight is 343 g/mol. The van der Waals surface area contributed by atoms with Crippen LogP contribution < -0.4 is 5.56 Å². The van der Waals surface area contributed by atoms with Crippen molar-refractivity contribution < 1.29 is 18.0 Å². The molecule has 1 unspecified atom stereocenters. The summed E-state index contributed by atoms with van der Waals surface area (Å²) in [7, 11) is 0. The number of aryl methyl sites for hydroxylation is 2. The zero-order chi connectivity index (χ0) is 17.5. The third-order valence-electron chi connectivity index (χ3n) is 4.98. The van der Waals surface area contributed by atoms with Gasteiger partial charge in [-0.25, -0.2) is 4.68 Å². The number of piperidine rings is 1. The van der Waals surface area contributed by atoms with E-state index in [1.807, 2.05) is 0 Å². The number of aromatic nitrogens is 2. The minimum Gasteiger partial charge on any atom is -0.341 e. The highest BCUT2D eigenvalue weighted by Crippen LogP contribution is 2.34. The van der Waals surface area contributed by atoms with E-state index >= 15 is 0 Å². The quantitative estimate of drug-likeness (QED) is 0.826. The van der Waals surface area contributed by atoms with E-state index in [4.69, 9.17) is 0 Å². The molecule has 1 aliphatic heterocycles. The molecule has 3 rings (SSSR count). The number of nitrogens with zero attached hydrogens (tertiary/aromatic N) is 3. The van der Waals surface area contributed by atoms with Crippen molar-refractivity contribution >= 4 is 5.91 Å². The van der Waals surface area contributed by atoms with Gasteiger partial charge in [-0.1, -0.05) is 0 Å². The van der Waals surface area contributed by atoms with Crippen molar-refractivity contribution in [1.82, 2.24) is 14.7 Å². The maximum Gasteiger partial charge on any atom is 0.391 e. The first kappa shape index (κ1) is 17.0. The third-order valence-corrected chi connectivity index (χ3v) is 4.98. The smallest absolute Gasteiger partial charge is 0.341 e. The second-order valence-corrected chi connectivity index (χ2v) is 6.57. The van der Waals surface area contributed by atoms with Crippen LogP contribution in [-0.4, -0.2) is 39.9 Å². The maximum absolute atomic E-state index is 12.7. The van der Waals surface area contributed by atoms with E-state index < -0.39 is 18.1 Å². The van der Waals surface area contributed by atoms with Crippen molar-refractivity contribution in [1.29, 1.82) is 0 Å². The first-order valence-corrected chi connectivity index (χ1v) is 8.24. The molecule has 0 radical (unpaired) electrons. The lowest BCUT2D eigenvalue weighted by atomic mass is 9.96. The minimum atomic E-state index is -4.21. The van der Waals surface area contributed by atoms with Crippen LogP contribution in [0.1, 0.15) is 43.5 Å². The number of carbonyl (C=O) groups is 1. The highest BCUT2D eigenvalue weighted by atomic mass is 19.4. The number of halogens is 3. The van der Waals surface area contributed by atoms with Gasteiger partial charge in [0.1, 0.15) is 6.04 Å². The summed E-state index contributed by atoms with van der Waals surface area (Å²) in [6.45, 7) is 1.70. The van der Waals surface area contributed by atoms with E-state index in [9.17, 15) is 22.8 Å². The Morgan fingerprint density at radius 1 is 1.29 bits per heavy atom. The van der Waals surface area contributed by atoms with Crippen LogP contribution in [0, 0.1) is 5.92 Å². The molecule has 0 bridgehead atoms. The van der Waals surface area contributed by atoms with Gasteiger partial charge < -0.3 is 4.90 Å². The van der Waals surface area contributed by atoms with Crippen molar-refractivity contribution in [2.24, 2.45) is 5.92 Å². The second kappa shape index (κ2) is 6.22. The third kappa shape index (κ3) is 3.18. The molecule has 2 aliphatic rings. The van der Waals surface area contributed by atoms with Gasteiger partial charge >= 0.3 is 6.18 Å². The van der Waals surface area contributed by atoms with E-state index in [1.165, 1.54) is 15.6 Å². The molecular weight excluding hydrogens is 323 g/mol. The molecule has 0 saturated carbocycles. The summed E-state index contributed by atoms with van der Waals surface area (Å²) >= 11 is 0. The Kier molecular flexibility index (Phi) is 4.40. The zero-order valence-electron chi connectivity index (χ0n) is 13.5. The summed E-state index contributed by atoms with van der Waals surface area (Å²) in [5.74, 6) is -1.69. The summed E-state index contributed by atoms with van der Waals surface area (Å²) in [5.41, 5.74) is 1.44. The molecule has 2 heterocycles. The molecule has 132 valence electrons. The molecule has 0 spiro atoms. The van der Waals surface area contributed by atoms with Gasteiger partial charge in [0.2, 0.25) is 5.91 Å². The molecule has 24 heavy (non-hydrogen) atoms. The number of likely N-dealkylation sites (tertiary alicyclic amines) is 1. The van der Waals surface area contributed by atoms with Crippen LogP contribution in [0.5, 0.6) is 0 Å². The molecular formula is C16H20F3N3O2. The monoisotopic (exact) mass is 343 g/mol. The summed E-state index contributed by atoms with van der Waals surface area (Å²) in [4.78, 5) is 26.1. The van der Waals surface area contributed by atoms with E-state index in [2.05, 4.69) is 5.10 Å². The highest BCUT2D eigenvalue weighted by Gasteiger charge is 2.42. The van der Waals surface area contributed by atoms with Gasteiger partial charge in [0.25, 0.3) is 5.56 Å². The van der Waals surface area contributed by atoms with Crippen molar-refractivity contribution in [2.45, 2.75) is 51.2 Å². The lowest BCUT2D eigenvalue weighted by molar-refractivity contribution is -0.186. The van der Waals surface area contributed by atoms with Gasteiger partial charge in [-0.3, -0.25) is 9.59 Å². The molecule has 0 aromatic carbocycles. The predicted molar refractivity (Wildman–Crippen MR) is 80.6 cm³/mol. The predicted octanol–water partition coefficient (Wildman–Crippen LogP) is 2.09. The molecule has 1 amide bonds. The number of rotatable bonds is 2. The van der Waals surface area contributed by atoms with E-state index in [0.717, 1.165) is 30.5 Å². The maximum atomic E-state index is 12.7. The Bertz CT molecular complexity index is 691. The van der Waals surface area contributed by atoms with Crippen molar-refractivity contribution in [2.75, 3.05) is 13.1 Å². The van der Waals surface area contributed by atoms with Crippen molar-refractivity contribution in [3.8, 4) is 0 Å². The van der Waals surface area contributed by atoms with Crippen LogP contribution in [0.3, 0.4) is 0 Å². The van der Waals surface area contributed by atoms with Crippen LogP contribution in [0.2, 0.25) is 0 Å². The molecule has 5 nitrogen and oxygen atoms in total. The van der Waals surface area contributed by atoms with E-state index in [1.54, 1.807) is 6.92 Å². The number of carbonyl (C=O) groups excluding carboxylic acids is 1. The van der Waals surface area contributed by atoms with Gasteiger partial charge in [0, 0.05) is 19.2 Å². The molecule has 0 N–H and O–H groups in total. The Balaban J connectivity index is 1.71. The Labute approximate surface area is 137 Å². The van der Waals surface area contributed by atoms with E-state index in [-0.39, 0.29) is 37.4 Å². The number of hydrogen-bond donors (Lipinski definition) is 0. The molecule has 1 aromatic rings. The van der Waals surface area contributed by atoms with Gasteiger partial charge in [-0.15, -0.1) is 0 Å². The molecule has 1 saturated heterocycles. The fourth-order valence-electron chi connectivity index (χ4n) is 3.49. The average Bonchev–Trinajstić information content (AvgIpc) is 2.99. The first-order chi connectivity index (χ1) is 11.3. The zero-order valence-corrected chi connectivity index (χ0v) is 13.5. The van der Waals surface area contributed by atoms with Crippen molar-refractivity contribution in [3.63, 3.8) is 0 Å². The molecule has 1 atom stereocenters. The van der Waals surface area contributed by atoms with Crippen LogP contribution in [-0.2, 0) is 17.6 Å². The normalized spacial score (nSPS) is 20.1. The van der Waals surface area contributed by atoms with Gasteiger partial charge in [-0.2, -0.15) is 18.3 Å². The first-order valence-electron chi connectivity index (χ1n) is 8.24. The largest absolute Gasteiger partial charge is 0.391 e. The lowest BCUT2D eigenvalue weighted by Gasteiger charge is -2.34. The summed E-state index contributed by atoms with van der Waals surface area (Å²) in [6, 6.07) is 0.723. The topological polar surface area (TPSA) is 55.2 Å². The summed E-state index contributed by atoms with van der Waals surface area (Å²) in [6.07, 6.45) is -1.83. The number of fused-ring (bicyclic) bond motifs is 1. The van der Waals surface area contributed by atoms with Gasteiger partial charge in [-0.05, 0) is 44.6 Å². The minimum absolute atomic E-state index is 0.0625. The number of alkyl halides is 3. The Hall–Kier alpha value is -1.86. The molecule has 1 aliphatic carbocycles. The summed E-state index contributed by atoms with van der Waals surface area (Å²) < 4.78 is 39.3. The van der Waals surface area contributed by atoms with Crippen LogP contribution in [0.25, 0.3) is 0 Å². The van der Waals surface area contributed by atoms with Gasteiger partial charge in [0.05, 0.1) is 11.6 Å². The molecule has 1 aromatic heterocycles. The fourth-order valence-corrected chi connectivity index (χ4v) is 3.49. The Morgan fingerprint density at radius 2 is 1.96 bits per heavy atom. The van der Waals surface area contributed by atoms with Gasteiger partial charge in [0.15, 0.2) is 0 Å². The molecule has 1 fully saturated rings. The van der Waals surface area contributed by atoms with E-state index in [0.29, 0.717) is 0 Å².